The Kier molecular flexibility index (Phi) is 3.74. The van der Waals surface area contributed by atoms with Crippen molar-refractivity contribution in [3.05, 3.63) is 12.2 Å². The molecule has 16 heavy (non-hydrogen) atoms. The van der Waals surface area contributed by atoms with Crippen molar-refractivity contribution in [2.75, 3.05) is 6.54 Å². The van der Waals surface area contributed by atoms with Gasteiger partial charge in [-0.05, 0) is 25.7 Å². The lowest BCUT2D eigenvalue weighted by Gasteiger charge is -2.26. The monoisotopic (exact) mass is 223 g/mol. The third-order valence-electron chi connectivity index (χ3n) is 2.78. The molecule has 0 bridgehead atoms. The number of aromatic nitrogens is 3. The van der Waals surface area contributed by atoms with E-state index in [0.717, 1.165) is 31.5 Å². The first kappa shape index (κ1) is 10.9. The summed E-state index contributed by atoms with van der Waals surface area (Å²) in [4.78, 5) is 15.4. The number of amides is 2. The van der Waals surface area contributed by atoms with E-state index in [1.165, 1.54) is 12.7 Å². The molecule has 0 aliphatic heterocycles. The highest BCUT2D eigenvalue weighted by Gasteiger charge is 2.18. The van der Waals surface area contributed by atoms with Crippen LogP contribution in [0.5, 0.6) is 0 Å². The fourth-order valence-corrected chi connectivity index (χ4v) is 1.60. The summed E-state index contributed by atoms with van der Waals surface area (Å²) in [6.45, 7) is 0.666. The second kappa shape index (κ2) is 5.48. The number of nitrogens with zero attached hydrogens (tertiary/aromatic N) is 2. The topological polar surface area (TPSA) is 82.7 Å². The highest BCUT2D eigenvalue weighted by atomic mass is 16.2. The Labute approximate surface area is 94.2 Å². The average Bonchev–Trinajstić information content (AvgIpc) is 2.71. The van der Waals surface area contributed by atoms with Gasteiger partial charge in [-0.1, -0.05) is 0 Å². The molecule has 1 aliphatic carbocycles. The SMILES string of the molecule is O=C(NCCCc1ncn[nH]1)NC1CCC1. The third kappa shape index (κ3) is 3.22. The van der Waals surface area contributed by atoms with Crippen molar-refractivity contribution in [2.45, 2.75) is 38.1 Å². The molecule has 0 saturated heterocycles. The number of hydrogen-bond acceptors (Lipinski definition) is 3. The molecule has 6 heteroatoms. The van der Waals surface area contributed by atoms with Gasteiger partial charge in [-0.15, -0.1) is 0 Å². The van der Waals surface area contributed by atoms with Gasteiger partial charge in [-0.3, -0.25) is 5.10 Å². The molecule has 88 valence electrons. The van der Waals surface area contributed by atoms with E-state index in [9.17, 15) is 4.79 Å². The second-order valence-corrected chi connectivity index (χ2v) is 4.06. The molecule has 1 aromatic rings. The van der Waals surface area contributed by atoms with Crippen LogP contribution in [0.3, 0.4) is 0 Å². The van der Waals surface area contributed by atoms with Crippen LogP contribution in [0.25, 0.3) is 0 Å². The lowest BCUT2D eigenvalue weighted by molar-refractivity contribution is 0.228. The van der Waals surface area contributed by atoms with Crippen molar-refractivity contribution in [3.8, 4) is 0 Å². The Hall–Kier alpha value is -1.59. The van der Waals surface area contributed by atoms with Crippen molar-refractivity contribution in [3.63, 3.8) is 0 Å². The second-order valence-electron chi connectivity index (χ2n) is 4.06. The van der Waals surface area contributed by atoms with Crippen LogP contribution < -0.4 is 10.6 Å². The van der Waals surface area contributed by atoms with E-state index in [1.807, 2.05) is 0 Å². The first-order valence-electron chi connectivity index (χ1n) is 5.73. The zero-order chi connectivity index (χ0) is 11.2. The maximum atomic E-state index is 11.3. The Morgan fingerprint density at radius 3 is 3.06 bits per heavy atom. The molecule has 1 saturated carbocycles. The van der Waals surface area contributed by atoms with Gasteiger partial charge in [-0.25, -0.2) is 9.78 Å². The maximum absolute atomic E-state index is 11.3. The summed E-state index contributed by atoms with van der Waals surface area (Å²) in [7, 11) is 0. The molecule has 1 fully saturated rings. The molecule has 2 rings (SSSR count). The maximum Gasteiger partial charge on any atom is 0.315 e. The normalized spacial score (nSPS) is 15.5. The minimum Gasteiger partial charge on any atom is -0.338 e. The molecule has 6 nitrogen and oxygen atoms in total. The van der Waals surface area contributed by atoms with E-state index in [0.29, 0.717) is 12.6 Å². The lowest BCUT2D eigenvalue weighted by atomic mass is 9.93. The lowest BCUT2D eigenvalue weighted by Crippen LogP contribution is -2.45. The molecule has 1 aliphatic rings. The van der Waals surface area contributed by atoms with E-state index in [4.69, 9.17) is 0 Å². The van der Waals surface area contributed by atoms with Crippen molar-refractivity contribution in [1.29, 1.82) is 0 Å². The minimum absolute atomic E-state index is 0.0535. The van der Waals surface area contributed by atoms with Crippen LogP contribution in [-0.2, 0) is 6.42 Å². The number of aromatic amines is 1. The van der Waals surface area contributed by atoms with E-state index in [1.54, 1.807) is 0 Å². The summed E-state index contributed by atoms with van der Waals surface area (Å²) < 4.78 is 0. The molecule has 0 atom stereocenters. The average molecular weight is 223 g/mol. The van der Waals surface area contributed by atoms with Crippen LogP contribution in [0.1, 0.15) is 31.5 Å². The van der Waals surface area contributed by atoms with Crippen molar-refractivity contribution < 1.29 is 4.79 Å². The van der Waals surface area contributed by atoms with E-state index in [2.05, 4.69) is 25.8 Å². The summed E-state index contributed by atoms with van der Waals surface area (Å²) in [6, 6.07) is 0.344. The van der Waals surface area contributed by atoms with Gasteiger partial charge in [0, 0.05) is 19.0 Å². The molecule has 0 spiro atoms. The highest BCUT2D eigenvalue weighted by molar-refractivity contribution is 5.74. The van der Waals surface area contributed by atoms with Crippen LogP contribution in [0.2, 0.25) is 0 Å². The number of aryl methyl sites for hydroxylation is 1. The molecule has 1 aromatic heterocycles. The Morgan fingerprint density at radius 1 is 1.56 bits per heavy atom. The smallest absolute Gasteiger partial charge is 0.315 e. The molecule has 0 unspecified atom stereocenters. The van der Waals surface area contributed by atoms with Crippen molar-refractivity contribution >= 4 is 6.03 Å². The number of carbonyl (C=O) groups is 1. The van der Waals surface area contributed by atoms with E-state index < -0.39 is 0 Å². The van der Waals surface area contributed by atoms with E-state index >= 15 is 0 Å². The molecule has 1 heterocycles. The van der Waals surface area contributed by atoms with Crippen LogP contribution in [0, 0.1) is 0 Å². The predicted octanol–water partition coefficient (Wildman–Crippen LogP) is 0.589. The molecular weight excluding hydrogens is 206 g/mol. The summed E-state index contributed by atoms with van der Waals surface area (Å²) in [5, 5.41) is 12.3. The molecule has 0 radical (unpaired) electrons. The van der Waals surface area contributed by atoms with Crippen LogP contribution in [0.15, 0.2) is 6.33 Å². The Morgan fingerprint density at radius 2 is 2.44 bits per heavy atom. The zero-order valence-corrected chi connectivity index (χ0v) is 9.20. The summed E-state index contributed by atoms with van der Waals surface area (Å²) in [5.41, 5.74) is 0. The highest BCUT2D eigenvalue weighted by Crippen LogP contribution is 2.17. The number of H-pyrrole nitrogens is 1. The summed E-state index contributed by atoms with van der Waals surface area (Å²) >= 11 is 0. The quantitative estimate of drug-likeness (QED) is 0.639. The number of nitrogens with one attached hydrogen (secondary N) is 3. The van der Waals surface area contributed by atoms with Gasteiger partial charge in [0.1, 0.15) is 12.2 Å². The molecule has 3 N–H and O–H groups in total. The van der Waals surface area contributed by atoms with Gasteiger partial charge < -0.3 is 10.6 Å². The number of urea groups is 1. The summed E-state index contributed by atoms with van der Waals surface area (Å²) in [6.07, 6.45) is 6.64. The van der Waals surface area contributed by atoms with Crippen molar-refractivity contribution in [2.24, 2.45) is 0 Å². The van der Waals surface area contributed by atoms with Gasteiger partial charge in [0.05, 0.1) is 0 Å². The third-order valence-corrected chi connectivity index (χ3v) is 2.78. The number of rotatable bonds is 5. The Balaban J connectivity index is 1.52. The van der Waals surface area contributed by atoms with Gasteiger partial charge in [0.25, 0.3) is 0 Å². The standard InChI is InChI=1S/C10H17N5O/c16-10(14-8-3-1-4-8)11-6-2-5-9-12-7-13-15-9/h7-8H,1-6H2,(H2,11,14,16)(H,12,13,15). The van der Waals surface area contributed by atoms with Crippen LogP contribution >= 0.6 is 0 Å². The minimum atomic E-state index is -0.0535. The van der Waals surface area contributed by atoms with Gasteiger partial charge in [0.2, 0.25) is 0 Å². The largest absolute Gasteiger partial charge is 0.338 e. The zero-order valence-electron chi connectivity index (χ0n) is 9.20. The van der Waals surface area contributed by atoms with Crippen LogP contribution in [0.4, 0.5) is 4.79 Å². The fourth-order valence-electron chi connectivity index (χ4n) is 1.60. The molecule has 2 amide bonds. The van der Waals surface area contributed by atoms with Crippen LogP contribution in [-0.4, -0.2) is 33.8 Å². The first-order chi connectivity index (χ1) is 7.84. The fraction of sp³-hybridized carbons (Fsp3) is 0.700. The summed E-state index contributed by atoms with van der Waals surface area (Å²) in [5.74, 6) is 0.862. The number of hydrogen-bond donors (Lipinski definition) is 3. The van der Waals surface area contributed by atoms with Gasteiger partial charge >= 0.3 is 6.03 Å². The molecular formula is C10H17N5O. The predicted molar refractivity (Wildman–Crippen MR) is 58.9 cm³/mol. The molecule has 0 aromatic carbocycles. The van der Waals surface area contributed by atoms with Gasteiger partial charge in [0.15, 0.2) is 0 Å². The number of carbonyl (C=O) groups excluding carboxylic acids is 1. The van der Waals surface area contributed by atoms with E-state index in [-0.39, 0.29) is 6.03 Å². The van der Waals surface area contributed by atoms with Crippen molar-refractivity contribution in [1.82, 2.24) is 25.8 Å². The first-order valence-corrected chi connectivity index (χ1v) is 5.73. The Bertz CT molecular complexity index is 320. The van der Waals surface area contributed by atoms with Gasteiger partial charge in [-0.2, -0.15) is 5.10 Å².